The zero-order chi connectivity index (χ0) is 27.1. The summed E-state index contributed by atoms with van der Waals surface area (Å²) in [6, 6.07) is 24.9. The molecule has 0 spiro atoms. The zero-order valence-electron chi connectivity index (χ0n) is 20.9. The number of ether oxygens (including phenoxy) is 1. The van der Waals surface area contributed by atoms with Crippen LogP contribution in [0, 0.1) is 21.4 Å². The van der Waals surface area contributed by atoms with E-state index in [1.165, 1.54) is 18.2 Å². The smallest absolute Gasteiger partial charge is 0.311 e. The van der Waals surface area contributed by atoms with Crippen LogP contribution in [-0.2, 0) is 4.79 Å². The molecule has 0 saturated carbocycles. The van der Waals surface area contributed by atoms with Crippen LogP contribution in [0.2, 0.25) is 0 Å². The van der Waals surface area contributed by atoms with Gasteiger partial charge in [0.15, 0.2) is 5.75 Å². The molecular formula is C29H25N5O4. The van der Waals surface area contributed by atoms with Crippen molar-refractivity contribution in [3.63, 3.8) is 0 Å². The molecule has 4 aromatic rings. The Labute approximate surface area is 219 Å². The number of nitro groups is 1. The second kappa shape index (κ2) is 11.7. The second-order valence-corrected chi connectivity index (χ2v) is 8.36. The average molecular weight is 508 g/mol. The summed E-state index contributed by atoms with van der Waals surface area (Å²) in [6.45, 7) is 3.86. The van der Waals surface area contributed by atoms with Gasteiger partial charge in [-0.25, -0.2) is 4.68 Å². The molecule has 4 rings (SSSR count). The van der Waals surface area contributed by atoms with Gasteiger partial charge in [-0.05, 0) is 49.8 Å². The van der Waals surface area contributed by atoms with E-state index in [1.54, 1.807) is 23.9 Å². The highest BCUT2D eigenvalue weighted by Crippen LogP contribution is 2.34. The summed E-state index contributed by atoms with van der Waals surface area (Å²) < 4.78 is 7.01. The van der Waals surface area contributed by atoms with Crippen LogP contribution >= 0.6 is 0 Å². The minimum atomic E-state index is -0.542. The molecule has 1 amide bonds. The number of rotatable bonds is 9. The van der Waals surface area contributed by atoms with Crippen LogP contribution in [0.1, 0.15) is 31.0 Å². The van der Waals surface area contributed by atoms with Crippen LogP contribution < -0.4 is 10.1 Å². The molecule has 9 nitrogen and oxygen atoms in total. The standard InChI is InChI=1S/C29H25N5O4/c1-3-38-27-15-14-22(17-26(27)34(36)37)28-24(19-33(32-28)25-12-8-5-9-13-25)16-23(18-30)29(35)31-20(2)21-10-6-4-7-11-21/h4-17,19-20H,3H2,1-2H3,(H,31,35)/b23-16-. The highest BCUT2D eigenvalue weighted by atomic mass is 16.6. The maximum atomic E-state index is 13.0. The van der Waals surface area contributed by atoms with E-state index in [0.29, 0.717) is 16.8 Å². The number of amides is 1. The summed E-state index contributed by atoms with van der Waals surface area (Å²) in [5.41, 5.74) is 2.58. The summed E-state index contributed by atoms with van der Waals surface area (Å²) in [7, 11) is 0. The maximum absolute atomic E-state index is 13.0. The van der Waals surface area contributed by atoms with Gasteiger partial charge in [0.25, 0.3) is 5.91 Å². The number of hydrogen-bond acceptors (Lipinski definition) is 6. The molecule has 0 aliphatic heterocycles. The lowest BCUT2D eigenvalue weighted by molar-refractivity contribution is -0.385. The fourth-order valence-electron chi connectivity index (χ4n) is 3.92. The van der Waals surface area contributed by atoms with Gasteiger partial charge in [0, 0.05) is 23.4 Å². The first-order valence-electron chi connectivity index (χ1n) is 12.0. The molecule has 0 bridgehead atoms. The second-order valence-electron chi connectivity index (χ2n) is 8.36. The lowest BCUT2D eigenvalue weighted by atomic mass is 10.0. The maximum Gasteiger partial charge on any atom is 0.311 e. The van der Waals surface area contributed by atoms with Gasteiger partial charge in [-0.2, -0.15) is 10.4 Å². The van der Waals surface area contributed by atoms with Gasteiger partial charge in [0.2, 0.25) is 0 Å². The minimum Gasteiger partial charge on any atom is -0.487 e. The third-order valence-electron chi connectivity index (χ3n) is 5.80. The summed E-state index contributed by atoms with van der Waals surface area (Å²) in [6.07, 6.45) is 3.12. The fraction of sp³-hybridized carbons (Fsp3) is 0.138. The first-order valence-corrected chi connectivity index (χ1v) is 12.0. The monoisotopic (exact) mass is 507 g/mol. The van der Waals surface area contributed by atoms with E-state index in [2.05, 4.69) is 10.4 Å². The van der Waals surface area contributed by atoms with Gasteiger partial charge in [0.05, 0.1) is 23.3 Å². The minimum absolute atomic E-state index is 0.123. The van der Waals surface area contributed by atoms with E-state index in [1.807, 2.05) is 73.7 Å². The van der Waals surface area contributed by atoms with Crippen LogP contribution in [0.3, 0.4) is 0 Å². The van der Waals surface area contributed by atoms with Crippen molar-refractivity contribution in [1.82, 2.24) is 15.1 Å². The number of para-hydroxylation sites is 1. The van der Waals surface area contributed by atoms with Crippen LogP contribution in [-0.4, -0.2) is 27.2 Å². The number of nitro benzene ring substituents is 1. The molecule has 190 valence electrons. The van der Waals surface area contributed by atoms with E-state index < -0.39 is 10.8 Å². The molecule has 0 radical (unpaired) electrons. The van der Waals surface area contributed by atoms with Gasteiger partial charge in [-0.15, -0.1) is 0 Å². The van der Waals surface area contributed by atoms with E-state index in [0.717, 1.165) is 11.3 Å². The SMILES string of the molecule is CCOc1ccc(-c2nn(-c3ccccc3)cc2/C=C(/C#N)C(=O)NC(C)c2ccccc2)cc1[N+](=O)[O-]. The number of aromatic nitrogens is 2. The molecule has 0 aliphatic rings. The van der Waals surface area contributed by atoms with E-state index in [4.69, 9.17) is 4.74 Å². The Balaban J connectivity index is 1.77. The van der Waals surface area contributed by atoms with Crippen LogP contribution in [0.15, 0.2) is 90.6 Å². The molecule has 3 aromatic carbocycles. The Kier molecular flexibility index (Phi) is 7.94. The third kappa shape index (κ3) is 5.77. The molecule has 0 aliphatic carbocycles. The van der Waals surface area contributed by atoms with Crippen molar-refractivity contribution >= 4 is 17.7 Å². The molecule has 1 heterocycles. The molecular weight excluding hydrogens is 482 g/mol. The quantitative estimate of drug-likeness (QED) is 0.136. The lowest BCUT2D eigenvalue weighted by Crippen LogP contribution is -2.27. The predicted molar refractivity (Wildman–Crippen MR) is 143 cm³/mol. The van der Waals surface area contributed by atoms with Crippen molar-refractivity contribution in [3.05, 3.63) is 112 Å². The number of nitriles is 1. The van der Waals surface area contributed by atoms with Gasteiger partial charge >= 0.3 is 5.69 Å². The van der Waals surface area contributed by atoms with E-state index in [-0.39, 0.29) is 29.7 Å². The van der Waals surface area contributed by atoms with Crippen molar-refractivity contribution in [1.29, 1.82) is 5.26 Å². The van der Waals surface area contributed by atoms with Crippen molar-refractivity contribution in [3.8, 4) is 28.8 Å². The van der Waals surface area contributed by atoms with Crippen molar-refractivity contribution in [2.75, 3.05) is 6.61 Å². The highest BCUT2D eigenvalue weighted by Gasteiger charge is 2.21. The predicted octanol–water partition coefficient (Wildman–Crippen LogP) is 5.63. The Bertz CT molecular complexity index is 1520. The average Bonchev–Trinajstić information content (AvgIpc) is 3.36. The Morgan fingerprint density at radius 3 is 2.47 bits per heavy atom. The number of benzene rings is 3. The summed E-state index contributed by atoms with van der Waals surface area (Å²) in [5.74, 6) is -0.396. The molecule has 9 heteroatoms. The summed E-state index contributed by atoms with van der Waals surface area (Å²) in [4.78, 5) is 24.2. The number of nitrogens with one attached hydrogen (secondary N) is 1. The van der Waals surface area contributed by atoms with Gasteiger partial charge in [-0.3, -0.25) is 14.9 Å². The Morgan fingerprint density at radius 2 is 1.84 bits per heavy atom. The first-order chi connectivity index (χ1) is 18.4. The van der Waals surface area contributed by atoms with Crippen molar-refractivity contribution in [2.45, 2.75) is 19.9 Å². The molecule has 0 fully saturated rings. The van der Waals surface area contributed by atoms with Crippen LogP contribution in [0.4, 0.5) is 5.69 Å². The molecule has 38 heavy (non-hydrogen) atoms. The van der Waals surface area contributed by atoms with E-state index in [9.17, 15) is 20.2 Å². The first kappa shape index (κ1) is 25.9. The van der Waals surface area contributed by atoms with Crippen molar-refractivity contribution < 1.29 is 14.5 Å². The van der Waals surface area contributed by atoms with Gasteiger partial charge in [-0.1, -0.05) is 48.5 Å². The summed E-state index contributed by atoms with van der Waals surface area (Å²) >= 11 is 0. The number of hydrogen-bond donors (Lipinski definition) is 1. The van der Waals surface area contributed by atoms with Crippen LogP contribution in [0.5, 0.6) is 5.75 Å². The Hall–Kier alpha value is -5.23. The molecule has 1 atom stereocenters. The number of carbonyl (C=O) groups excluding carboxylic acids is 1. The Morgan fingerprint density at radius 1 is 1.16 bits per heavy atom. The number of nitrogens with zero attached hydrogens (tertiary/aromatic N) is 4. The van der Waals surface area contributed by atoms with Crippen molar-refractivity contribution in [2.24, 2.45) is 0 Å². The highest BCUT2D eigenvalue weighted by molar-refractivity contribution is 6.02. The third-order valence-corrected chi connectivity index (χ3v) is 5.80. The summed E-state index contributed by atoms with van der Waals surface area (Å²) in [5, 5.41) is 29.0. The molecule has 1 unspecified atom stereocenters. The zero-order valence-corrected chi connectivity index (χ0v) is 20.9. The molecule has 1 N–H and O–H groups in total. The fourth-order valence-corrected chi connectivity index (χ4v) is 3.92. The molecule has 1 aromatic heterocycles. The topological polar surface area (TPSA) is 123 Å². The van der Waals surface area contributed by atoms with Gasteiger partial charge < -0.3 is 10.1 Å². The van der Waals surface area contributed by atoms with Gasteiger partial charge in [0.1, 0.15) is 17.3 Å². The van der Waals surface area contributed by atoms with E-state index >= 15 is 0 Å². The van der Waals surface area contributed by atoms with Crippen LogP contribution in [0.25, 0.3) is 23.0 Å². The lowest BCUT2D eigenvalue weighted by Gasteiger charge is -2.13. The normalized spacial score (nSPS) is 11.9. The largest absolute Gasteiger partial charge is 0.487 e. The number of carbonyl (C=O) groups is 1. The molecule has 0 saturated heterocycles.